The van der Waals surface area contributed by atoms with Gasteiger partial charge in [-0.05, 0) is 67.9 Å². The fourth-order valence-electron chi connectivity index (χ4n) is 4.16. The van der Waals surface area contributed by atoms with Crippen molar-refractivity contribution in [1.82, 2.24) is 9.29 Å². The molecule has 5 nitrogen and oxygen atoms in total. The van der Waals surface area contributed by atoms with Crippen LogP contribution in [0.4, 0.5) is 14.6 Å². The second-order valence-corrected chi connectivity index (χ2v) is 9.78. The zero-order valence-electron chi connectivity index (χ0n) is 16.2. The normalized spacial score (nSPS) is 19.0. The number of piperidine rings is 1. The quantitative estimate of drug-likeness (QED) is 0.740. The van der Waals surface area contributed by atoms with Crippen LogP contribution in [0.5, 0.6) is 0 Å². The van der Waals surface area contributed by atoms with Crippen LogP contribution < -0.4 is 4.90 Å². The zero-order valence-corrected chi connectivity index (χ0v) is 17.0. The van der Waals surface area contributed by atoms with Gasteiger partial charge in [-0.25, -0.2) is 22.2 Å². The van der Waals surface area contributed by atoms with Crippen LogP contribution in [0, 0.1) is 17.6 Å². The summed E-state index contributed by atoms with van der Waals surface area (Å²) in [4.78, 5) is 6.79. The van der Waals surface area contributed by atoms with Gasteiger partial charge in [0.1, 0.15) is 10.7 Å². The van der Waals surface area contributed by atoms with Gasteiger partial charge in [-0.1, -0.05) is 6.07 Å². The lowest BCUT2D eigenvalue weighted by atomic mass is 9.90. The number of sulfonamides is 1. The highest BCUT2D eigenvalue weighted by Crippen LogP contribution is 2.27. The molecule has 8 heteroatoms. The van der Waals surface area contributed by atoms with Crippen molar-refractivity contribution in [3.8, 4) is 0 Å². The van der Waals surface area contributed by atoms with Crippen molar-refractivity contribution in [2.24, 2.45) is 5.92 Å². The number of hydrogen-bond acceptors (Lipinski definition) is 4. The molecule has 0 bridgehead atoms. The predicted octanol–water partition coefficient (Wildman–Crippen LogP) is 3.60. The van der Waals surface area contributed by atoms with Crippen molar-refractivity contribution in [2.45, 2.75) is 37.0 Å². The van der Waals surface area contributed by atoms with E-state index >= 15 is 0 Å². The Morgan fingerprint density at radius 3 is 2.31 bits per heavy atom. The predicted molar refractivity (Wildman–Crippen MR) is 107 cm³/mol. The smallest absolute Gasteiger partial charge is 0.244 e. The molecule has 1 aromatic carbocycles. The lowest BCUT2D eigenvalue weighted by molar-refractivity contribution is 0.401. The lowest BCUT2D eigenvalue weighted by Crippen LogP contribution is -2.35. The molecule has 2 fully saturated rings. The number of rotatable bonds is 5. The minimum Gasteiger partial charge on any atom is -0.357 e. The van der Waals surface area contributed by atoms with Gasteiger partial charge in [-0.2, -0.15) is 4.31 Å². The first-order valence-electron chi connectivity index (χ1n) is 10.1. The van der Waals surface area contributed by atoms with E-state index in [4.69, 9.17) is 0 Å². The van der Waals surface area contributed by atoms with Crippen molar-refractivity contribution < 1.29 is 17.2 Å². The first kappa shape index (κ1) is 20.2. The molecule has 0 radical (unpaired) electrons. The molecule has 0 aliphatic carbocycles. The number of nitrogens with zero attached hydrogens (tertiary/aromatic N) is 3. The first-order valence-corrected chi connectivity index (χ1v) is 11.5. The van der Waals surface area contributed by atoms with Gasteiger partial charge < -0.3 is 4.90 Å². The fraction of sp³-hybridized carbons (Fsp3) is 0.476. The summed E-state index contributed by atoms with van der Waals surface area (Å²) in [6.07, 6.45) is 5.85. The summed E-state index contributed by atoms with van der Waals surface area (Å²) in [6.45, 7) is 2.77. The van der Waals surface area contributed by atoms with Gasteiger partial charge in [-0.3, -0.25) is 0 Å². The molecule has 0 amide bonds. The topological polar surface area (TPSA) is 53.5 Å². The summed E-state index contributed by atoms with van der Waals surface area (Å²) in [6, 6.07) is 7.53. The van der Waals surface area contributed by atoms with Gasteiger partial charge in [0.2, 0.25) is 10.0 Å². The van der Waals surface area contributed by atoms with Gasteiger partial charge in [0.15, 0.2) is 11.6 Å². The number of anilines is 1. The molecule has 0 saturated carbocycles. The van der Waals surface area contributed by atoms with Crippen LogP contribution in [0.3, 0.4) is 0 Å². The number of aromatic nitrogens is 1. The lowest BCUT2D eigenvalue weighted by Gasteiger charge is -2.33. The first-order chi connectivity index (χ1) is 13.9. The summed E-state index contributed by atoms with van der Waals surface area (Å²) in [7, 11) is -3.44. The molecule has 0 N–H and O–H groups in total. The van der Waals surface area contributed by atoms with Crippen molar-refractivity contribution in [2.75, 3.05) is 31.1 Å². The Bertz CT molecular complexity index is 952. The maximum Gasteiger partial charge on any atom is 0.244 e. The average Bonchev–Trinajstić information content (AvgIpc) is 3.27. The molecule has 2 saturated heterocycles. The Balaban J connectivity index is 1.35. The van der Waals surface area contributed by atoms with E-state index in [-0.39, 0.29) is 4.90 Å². The van der Waals surface area contributed by atoms with Crippen LogP contribution in [0.25, 0.3) is 0 Å². The number of pyridine rings is 1. The summed E-state index contributed by atoms with van der Waals surface area (Å²) in [5.74, 6) is -0.430. The van der Waals surface area contributed by atoms with Crippen molar-refractivity contribution in [1.29, 1.82) is 0 Å². The highest BCUT2D eigenvalue weighted by atomic mass is 32.2. The number of halogens is 2. The van der Waals surface area contributed by atoms with E-state index in [1.165, 1.54) is 22.6 Å². The Labute approximate surface area is 170 Å². The summed E-state index contributed by atoms with van der Waals surface area (Å²) in [5.41, 5.74) is 0.817. The second-order valence-electron chi connectivity index (χ2n) is 7.85. The molecule has 1 aromatic heterocycles. The van der Waals surface area contributed by atoms with Crippen LogP contribution >= 0.6 is 0 Å². The van der Waals surface area contributed by atoms with Crippen LogP contribution in [0.15, 0.2) is 41.4 Å². The fourth-order valence-corrected chi connectivity index (χ4v) is 5.62. The minimum absolute atomic E-state index is 0.247. The molecule has 2 aliphatic rings. The molecule has 4 rings (SSSR count). The standard InChI is InChI=1S/C21H25F2N3O2S/c22-19-5-3-17(14-20(19)23)13-16-7-11-25(12-8-16)21-6-4-18(15-24-21)29(27,28)26-9-1-2-10-26/h3-6,14-16H,1-2,7-13H2. The molecule has 0 atom stereocenters. The molecular formula is C21H25F2N3O2S. The third kappa shape index (κ3) is 4.43. The van der Waals surface area contributed by atoms with Crippen LogP contribution in [-0.4, -0.2) is 43.9 Å². The van der Waals surface area contributed by atoms with Gasteiger partial charge >= 0.3 is 0 Å². The minimum atomic E-state index is -3.44. The SMILES string of the molecule is O=S(=O)(c1ccc(N2CCC(Cc3ccc(F)c(F)c3)CC2)nc1)N1CCCC1. The third-order valence-corrected chi connectivity index (χ3v) is 7.75. The highest BCUT2D eigenvalue weighted by molar-refractivity contribution is 7.89. The van der Waals surface area contributed by atoms with E-state index in [1.807, 2.05) is 0 Å². The van der Waals surface area contributed by atoms with E-state index < -0.39 is 21.7 Å². The molecule has 29 heavy (non-hydrogen) atoms. The molecule has 0 unspecified atom stereocenters. The Kier molecular flexibility index (Phi) is 5.83. The third-order valence-electron chi connectivity index (χ3n) is 5.87. The monoisotopic (exact) mass is 421 g/mol. The summed E-state index contributed by atoms with van der Waals surface area (Å²) in [5, 5.41) is 0. The van der Waals surface area contributed by atoms with E-state index in [2.05, 4.69) is 9.88 Å². The van der Waals surface area contributed by atoms with E-state index in [0.717, 1.165) is 56.6 Å². The molecule has 0 spiro atoms. The van der Waals surface area contributed by atoms with E-state index in [0.29, 0.717) is 19.0 Å². The van der Waals surface area contributed by atoms with Gasteiger partial charge in [0.05, 0.1) is 0 Å². The van der Waals surface area contributed by atoms with Crippen LogP contribution in [-0.2, 0) is 16.4 Å². The molecule has 3 heterocycles. The molecule has 156 valence electrons. The van der Waals surface area contributed by atoms with Crippen LogP contribution in [0.1, 0.15) is 31.2 Å². The Hall–Kier alpha value is -2.06. The zero-order chi connectivity index (χ0) is 20.4. The molecule has 2 aromatic rings. The average molecular weight is 422 g/mol. The van der Waals surface area contributed by atoms with E-state index in [9.17, 15) is 17.2 Å². The maximum atomic E-state index is 13.4. The largest absolute Gasteiger partial charge is 0.357 e. The van der Waals surface area contributed by atoms with Gasteiger partial charge in [-0.15, -0.1) is 0 Å². The Morgan fingerprint density at radius 1 is 0.966 bits per heavy atom. The van der Waals surface area contributed by atoms with E-state index in [1.54, 1.807) is 18.2 Å². The summed E-state index contributed by atoms with van der Waals surface area (Å²) >= 11 is 0. The van der Waals surface area contributed by atoms with Crippen molar-refractivity contribution >= 4 is 15.8 Å². The van der Waals surface area contributed by atoms with Crippen molar-refractivity contribution in [3.05, 3.63) is 53.7 Å². The van der Waals surface area contributed by atoms with Crippen LogP contribution in [0.2, 0.25) is 0 Å². The van der Waals surface area contributed by atoms with Gasteiger partial charge in [0, 0.05) is 32.4 Å². The second kappa shape index (κ2) is 8.36. The number of hydrogen-bond donors (Lipinski definition) is 0. The molecule has 2 aliphatic heterocycles. The molecular weight excluding hydrogens is 396 g/mol. The summed E-state index contributed by atoms with van der Waals surface area (Å²) < 4.78 is 53.2. The van der Waals surface area contributed by atoms with Gasteiger partial charge in [0.25, 0.3) is 0 Å². The van der Waals surface area contributed by atoms with Crippen molar-refractivity contribution in [3.63, 3.8) is 0 Å². The Morgan fingerprint density at radius 2 is 1.69 bits per heavy atom. The maximum absolute atomic E-state index is 13.4. The highest BCUT2D eigenvalue weighted by Gasteiger charge is 2.28. The number of benzene rings is 1.